The fourth-order valence-electron chi connectivity index (χ4n) is 4.35. The maximum absolute atomic E-state index is 13.1. The third kappa shape index (κ3) is 3.71. The Bertz CT molecular complexity index is 938. The zero-order valence-electron chi connectivity index (χ0n) is 17.2. The van der Waals surface area contributed by atoms with Crippen molar-refractivity contribution in [2.75, 3.05) is 18.5 Å². The number of aryl methyl sites for hydroxylation is 2. The van der Waals surface area contributed by atoms with E-state index in [4.69, 9.17) is 11.6 Å². The minimum Gasteiger partial charge on any atom is -0.310 e. The van der Waals surface area contributed by atoms with Crippen LogP contribution >= 0.6 is 11.6 Å². The summed E-state index contributed by atoms with van der Waals surface area (Å²) in [6.07, 6.45) is 0.754. The normalized spacial score (nSPS) is 16.9. The maximum atomic E-state index is 13.1. The average Bonchev–Trinajstić information content (AvgIpc) is 2.99. The van der Waals surface area contributed by atoms with Crippen molar-refractivity contribution in [3.05, 3.63) is 63.2 Å². The molecule has 1 atom stereocenters. The number of likely N-dealkylation sites (N-methyl/N-ethyl adjacent to an activating group) is 1. The van der Waals surface area contributed by atoms with Crippen molar-refractivity contribution in [1.29, 1.82) is 0 Å². The molecule has 4 nitrogen and oxygen atoms in total. The molecule has 1 amide bonds. The van der Waals surface area contributed by atoms with E-state index in [1.165, 1.54) is 0 Å². The van der Waals surface area contributed by atoms with Gasteiger partial charge in [0.1, 0.15) is 0 Å². The summed E-state index contributed by atoms with van der Waals surface area (Å²) in [4.78, 5) is 29.0. The van der Waals surface area contributed by atoms with Gasteiger partial charge in [0.2, 0.25) is 5.91 Å². The molecule has 1 fully saturated rings. The number of anilines is 1. The highest BCUT2D eigenvalue weighted by Gasteiger charge is 2.36. The molecule has 0 aliphatic carbocycles. The summed E-state index contributed by atoms with van der Waals surface area (Å²) in [6.45, 7) is 8.95. The van der Waals surface area contributed by atoms with E-state index >= 15 is 0 Å². The molecule has 2 aromatic carbocycles. The third-order valence-corrected chi connectivity index (χ3v) is 6.06. The van der Waals surface area contributed by atoms with Crippen LogP contribution < -0.4 is 4.90 Å². The van der Waals surface area contributed by atoms with Crippen LogP contribution in [0.3, 0.4) is 0 Å². The Morgan fingerprint density at radius 3 is 2.54 bits per heavy atom. The predicted molar refractivity (Wildman–Crippen MR) is 114 cm³/mol. The summed E-state index contributed by atoms with van der Waals surface area (Å²) in [5.74, 6) is 0.158. The molecule has 5 heteroatoms. The van der Waals surface area contributed by atoms with Gasteiger partial charge in [-0.1, -0.05) is 29.8 Å². The number of hydrogen-bond donors (Lipinski definition) is 0. The van der Waals surface area contributed by atoms with Crippen LogP contribution in [0.2, 0.25) is 5.02 Å². The summed E-state index contributed by atoms with van der Waals surface area (Å²) >= 11 is 6.29. The largest absolute Gasteiger partial charge is 0.310 e. The van der Waals surface area contributed by atoms with Crippen LogP contribution in [0.1, 0.15) is 46.0 Å². The number of Topliss-reactive ketones (excluding diaryl/α,β-unsaturated/α-hetero) is 1. The Hall–Kier alpha value is -2.17. The number of halogens is 1. The topological polar surface area (TPSA) is 40.6 Å². The second-order valence-electron chi connectivity index (χ2n) is 7.71. The van der Waals surface area contributed by atoms with Gasteiger partial charge in [-0.2, -0.15) is 0 Å². The monoisotopic (exact) mass is 398 g/mol. The Balaban J connectivity index is 1.84. The average molecular weight is 399 g/mol. The lowest BCUT2D eigenvalue weighted by Gasteiger charge is -2.26. The van der Waals surface area contributed by atoms with E-state index in [9.17, 15) is 9.59 Å². The molecule has 1 unspecified atom stereocenters. The molecule has 2 aromatic rings. The number of amides is 1. The van der Waals surface area contributed by atoms with Gasteiger partial charge in [0.05, 0.1) is 16.8 Å². The van der Waals surface area contributed by atoms with Gasteiger partial charge in [-0.05, 0) is 75.5 Å². The first-order valence-electron chi connectivity index (χ1n) is 9.59. The quantitative estimate of drug-likeness (QED) is 0.685. The second kappa shape index (κ2) is 8.06. The molecule has 3 rings (SSSR count). The first-order valence-corrected chi connectivity index (χ1v) is 9.97. The number of para-hydroxylation sites is 1. The number of ketones is 1. The molecule has 0 radical (unpaired) electrons. The highest BCUT2D eigenvalue weighted by molar-refractivity contribution is 6.33. The summed E-state index contributed by atoms with van der Waals surface area (Å²) in [5.41, 5.74) is 5.87. The van der Waals surface area contributed by atoms with E-state index in [2.05, 4.69) is 17.9 Å². The van der Waals surface area contributed by atoms with Crippen LogP contribution in [0.15, 0.2) is 30.3 Å². The Labute approximate surface area is 172 Å². The Kier molecular flexibility index (Phi) is 5.92. The smallest absolute Gasteiger partial charge is 0.244 e. The highest BCUT2D eigenvalue weighted by Crippen LogP contribution is 2.31. The predicted octanol–water partition coefficient (Wildman–Crippen LogP) is 4.71. The van der Waals surface area contributed by atoms with E-state index in [0.29, 0.717) is 18.1 Å². The van der Waals surface area contributed by atoms with Gasteiger partial charge in [-0.3, -0.25) is 14.5 Å². The number of carbonyl (C=O) groups is 2. The number of rotatable bonds is 5. The standard InChI is InChI=1S/C23H27ClN2O2/c1-14-12-15(2)22(17(4)27)16(3)18(14)13-25(5)21-10-11-26(23(21)28)20-9-7-6-8-19(20)24/h6-9,12,21H,10-11,13H2,1-5H3. The molecule has 0 aromatic heterocycles. The number of hydrogen-bond acceptors (Lipinski definition) is 3. The number of carbonyl (C=O) groups excluding carboxylic acids is 2. The van der Waals surface area contributed by atoms with Gasteiger partial charge < -0.3 is 4.90 Å². The summed E-state index contributed by atoms with van der Waals surface area (Å²) in [7, 11) is 1.98. The molecule has 1 heterocycles. The highest BCUT2D eigenvalue weighted by atomic mass is 35.5. The molecular weight excluding hydrogens is 372 g/mol. The molecule has 28 heavy (non-hydrogen) atoms. The molecule has 0 bridgehead atoms. The maximum Gasteiger partial charge on any atom is 0.244 e. The van der Waals surface area contributed by atoms with Crippen molar-refractivity contribution in [3.63, 3.8) is 0 Å². The fourth-order valence-corrected chi connectivity index (χ4v) is 4.59. The van der Waals surface area contributed by atoms with Crippen molar-refractivity contribution in [3.8, 4) is 0 Å². The molecule has 0 N–H and O–H groups in total. The van der Waals surface area contributed by atoms with Crippen molar-refractivity contribution in [2.45, 2.75) is 46.7 Å². The molecule has 0 saturated carbocycles. The minimum absolute atomic E-state index is 0.0739. The number of benzene rings is 2. The molecule has 1 aliphatic rings. The van der Waals surface area contributed by atoms with Gasteiger partial charge >= 0.3 is 0 Å². The van der Waals surface area contributed by atoms with E-state index in [1.54, 1.807) is 11.8 Å². The second-order valence-corrected chi connectivity index (χ2v) is 8.11. The van der Waals surface area contributed by atoms with Gasteiger partial charge in [0.25, 0.3) is 0 Å². The van der Waals surface area contributed by atoms with Gasteiger partial charge in [-0.15, -0.1) is 0 Å². The van der Waals surface area contributed by atoms with E-state index in [1.807, 2.05) is 45.2 Å². The SMILES string of the molecule is CC(=O)c1c(C)cc(C)c(CN(C)C2CCN(c3ccccc3Cl)C2=O)c1C. The summed E-state index contributed by atoms with van der Waals surface area (Å²) < 4.78 is 0. The van der Waals surface area contributed by atoms with Crippen LogP contribution in [-0.4, -0.2) is 36.2 Å². The lowest BCUT2D eigenvalue weighted by molar-refractivity contribution is -0.121. The van der Waals surface area contributed by atoms with Gasteiger partial charge in [0, 0.05) is 18.7 Å². The van der Waals surface area contributed by atoms with Crippen LogP contribution in [0.4, 0.5) is 5.69 Å². The fraction of sp³-hybridized carbons (Fsp3) is 0.391. The van der Waals surface area contributed by atoms with E-state index in [0.717, 1.165) is 39.9 Å². The Morgan fingerprint density at radius 2 is 1.89 bits per heavy atom. The van der Waals surface area contributed by atoms with Crippen molar-refractivity contribution in [1.82, 2.24) is 4.90 Å². The number of nitrogens with zero attached hydrogens (tertiary/aromatic N) is 2. The zero-order valence-corrected chi connectivity index (χ0v) is 17.9. The lowest BCUT2D eigenvalue weighted by atomic mass is 9.91. The van der Waals surface area contributed by atoms with Crippen LogP contribution in [0.25, 0.3) is 0 Å². The van der Waals surface area contributed by atoms with Gasteiger partial charge in [0.15, 0.2) is 5.78 Å². The van der Waals surface area contributed by atoms with Crippen molar-refractivity contribution < 1.29 is 9.59 Å². The molecular formula is C23H27ClN2O2. The van der Waals surface area contributed by atoms with Crippen molar-refractivity contribution in [2.24, 2.45) is 0 Å². The molecule has 1 aliphatic heterocycles. The Morgan fingerprint density at radius 1 is 1.21 bits per heavy atom. The molecule has 1 saturated heterocycles. The molecule has 148 valence electrons. The third-order valence-electron chi connectivity index (χ3n) is 5.74. The van der Waals surface area contributed by atoms with Crippen molar-refractivity contribution >= 4 is 29.0 Å². The lowest BCUT2D eigenvalue weighted by Crippen LogP contribution is -2.39. The van der Waals surface area contributed by atoms with Crippen LogP contribution in [0, 0.1) is 20.8 Å². The zero-order chi connectivity index (χ0) is 20.6. The molecule has 0 spiro atoms. The summed E-state index contributed by atoms with van der Waals surface area (Å²) in [6, 6.07) is 9.33. The summed E-state index contributed by atoms with van der Waals surface area (Å²) in [5, 5.41) is 0.593. The first kappa shape index (κ1) is 20.6. The first-order chi connectivity index (χ1) is 13.2. The van der Waals surface area contributed by atoms with Crippen LogP contribution in [-0.2, 0) is 11.3 Å². The van der Waals surface area contributed by atoms with E-state index in [-0.39, 0.29) is 17.7 Å². The minimum atomic E-state index is -0.197. The van der Waals surface area contributed by atoms with E-state index < -0.39 is 0 Å². The van der Waals surface area contributed by atoms with Crippen LogP contribution in [0.5, 0.6) is 0 Å². The van der Waals surface area contributed by atoms with Gasteiger partial charge in [-0.25, -0.2) is 0 Å².